The molecule has 2 heterocycles. The fourth-order valence-corrected chi connectivity index (χ4v) is 4.19. The molecule has 6 heteroatoms. The molecular weight excluding hydrogens is 342 g/mol. The summed E-state index contributed by atoms with van der Waals surface area (Å²) in [5, 5.41) is 0. The molecule has 0 aromatic heterocycles. The predicted octanol–water partition coefficient (Wildman–Crippen LogP) is 3.21. The lowest BCUT2D eigenvalue weighted by molar-refractivity contribution is -0.134. The molecule has 0 aromatic carbocycles. The second kappa shape index (κ2) is 9.76. The number of piperidine rings is 2. The Kier molecular flexibility index (Phi) is 7.39. The van der Waals surface area contributed by atoms with Gasteiger partial charge in [-0.2, -0.15) is 0 Å². The molecule has 0 aliphatic carbocycles. The van der Waals surface area contributed by atoms with Crippen molar-refractivity contribution in [1.29, 1.82) is 0 Å². The summed E-state index contributed by atoms with van der Waals surface area (Å²) in [7, 11) is 2.19. The third-order valence-corrected chi connectivity index (χ3v) is 5.76. The minimum atomic E-state index is -0.835. The molecule has 0 radical (unpaired) electrons. The zero-order valence-electron chi connectivity index (χ0n) is 18.7. The highest BCUT2D eigenvalue weighted by molar-refractivity contribution is 5.82. The summed E-state index contributed by atoms with van der Waals surface area (Å²) in [6.07, 6.45) is 4.97. The van der Waals surface area contributed by atoms with Crippen molar-refractivity contribution in [2.24, 2.45) is 11.8 Å². The molecule has 2 saturated heterocycles. The van der Waals surface area contributed by atoms with Crippen LogP contribution >= 0.6 is 0 Å². The highest BCUT2D eigenvalue weighted by Gasteiger charge is 2.31. The molecule has 2 aliphatic heterocycles. The lowest BCUT2D eigenvalue weighted by Gasteiger charge is -2.39. The van der Waals surface area contributed by atoms with Crippen LogP contribution in [-0.2, 0) is 9.53 Å². The number of hydrogen-bond donors (Lipinski definition) is 0. The molecule has 2 aliphatic rings. The first-order valence-electron chi connectivity index (χ1n) is 11.2. The van der Waals surface area contributed by atoms with Gasteiger partial charge in [0.15, 0.2) is 0 Å². The standard InChI is InChI=1S/C21H39N3O3/c1-6-11-24(20(26)27-21(2,3)4)16-19(25)23-14-9-18(10-15-23)17-7-12-22(5)13-8-17/h17-18H,6-16H2,1-5H3/i2D. The molecule has 0 N–H and O–H groups in total. The van der Waals surface area contributed by atoms with E-state index in [1.54, 1.807) is 13.8 Å². The van der Waals surface area contributed by atoms with Gasteiger partial charge >= 0.3 is 6.09 Å². The molecule has 0 aromatic rings. The second-order valence-electron chi connectivity index (χ2n) is 8.91. The fourth-order valence-electron chi connectivity index (χ4n) is 4.19. The van der Waals surface area contributed by atoms with Gasteiger partial charge < -0.3 is 14.5 Å². The van der Waals surface area contributed by atoms with E-state index in [4.69, 9.17) is 6.11 Å². The Hall–Kier alpha value is -1.30. The number of hydrogen-bond acceptors (Lipinski definition) is 4. The Morgan fingerprint density at radius 2 is 1.67 bits per heavy atom. The van der Waals surface area contributed by atoms with E-state index < -0.39 is 11.7 Å². The molecule has 2 rings (SSSR count). The predicted molar refractivity (Wildman–Crippen MR) is 108 cm³/mol. The van der Waals surface area contributed by atoms with E-state index in [0.717, 1.165) is 44.2 Å². The SMILES string of the molecule is [2H]CC(C)(C)OC(=O)N(CCC)CC(=O)N1CCC(C2CCN(C)CC2)CC1. The Balaban J connectivity index is 1.83. The summed E-state index contributed by atoms with van der Waals surface area (Å²) in [5.74, 6) is 1.54. The first-order chi connectivity index (χ1) is 13.3. The number of rotatable bonds is 5. The minimum Gasteiger partial charge on any atom is -0.444 e. The molecule has 156 valence electrons. The third-order valence-electron chi connectivity index (χ3n) is 5.76. The van der Waals surface area contributed by atoms with E-state index >= 15 is 0 Å². The maximum absolute atomic E-state index is 12.8. The van der Waals surface area contributed by atoms with Gasteiger partial charge in [0.25, 0.3) is 0 Å². The first kappa shape index (κ1) is 20.4. The Bertz CT molecular complexity index is 513. The highest BCUT2D eigenvalue weighted by Crippen LogP contribution is 2.32. The minimum absolute atomic E-state index is 0.00285. The van der Waals surface area contributed by atoms with Gasteiger partial charge in [-0.3, -0.25) is 9.69 Å². The average Bonchev–Trinajstić information content (AvgIpc) is 2.68. The topological polar surface area (TPSA) is 53.1 Å². The molecule has 6 nitrogen and oxygen atoms in total. The zero-order chi connectivity index (χ0) is 20.7. The normalized spacial score (nSPS) is 21.0. The summed E-state index contributed by atoms with van der Waals surface area (Å²) in [6, 6.07) is 0. The summed E-state index contributed by atoms with van der Waals surface area (Å²) >= 11 is 0. The van der Waals surface area contributed by atoms with Crippen LogP contribution in [0.1, 0.15) is 61.1 Å². The van der Waals surface area contributed by atoms with Crippen LogP contribution in [0.5, 0.6) is 0 Å². The number of likely N-dealkylation sites (tertiary alicyclic amines) is 2. The van der Waals surface area contributed by atoms with Gasteiger partial charge in [0.05, 0.1) is 0 Å². The van der Waals surface area contributed by atoms with E-state index in [2.05, 4.69) is 11.9 Å². The van der Waals surface area contributed by atoms with Crippen LogP contribution in [-0.4, -0.2) is 78.6 Å². The van der Waals surface area contributed by atoms with Gasteiger partial charge in [-0.1, -0.05) is 6.92 Å². The first-order valence-corrected chi connectivity index (χ1v) is 10.5. The van der Waals surface area contributed by atoms with Crippen molar-refractivity contribution < 1.29 is 15.7 Å². The molecule has 27 heavy (non-hydrogen) atoms. The number of carbonyl (C=O) groups is 2. The molecular formula is C21H39N3O3. The van der Waals surface area contributed by atoms with Crippen LogP contribution in [0.4, 0.5) is 4.79 Å². The van der Waals surface area contributed by atoms with Crippen molar-refractivity contribution in [3.63, 3.8) is 0 Å². The summed E-state index contributed by atoms with van der Waals surface area (Å²) in [6.45, 7) is 9.94. The summed E-state index contributed by atoms with van der Waals surface area (Å²) in [5.41, 5.74) is -0.835. The molecule has 0 saturated carbocycles. The van der Waals surface area contributed by atoms with Gasteiger partial charge in [-0.05, 0) is 84.8 Å². The van der Waals surface area contributed by atoms with Crippen LogP contribution in [0.3, 0.4) is 0 Å². The van der Waals surface area contributed by atoms with Crippen LogP contribution in [0.15, 0.2) is 0 Å². The highest BCUT2D eigenvalue weighted by atomic mass is 16.6. The number of nitrogens with zero attached hydrogens (tertiary/aromatic N) is 3. The van der Waals surface area contributed by atoms with Crippen LogP contribution in [0.25, 0.3) is 0 Å². The molecule has 0 bridgehead atoms. The van der Waals surface area contributed by atoms with Gasteiger partial charge in [0.1, 0.15) is 12.1 Å². The molecule has 0 atom stereocenters. The van der Waals surface area contributed by atoms with Crippen molar-refractivity contribution in [1.82, 2.24) is 14.7 Å². The Labute approximate surface area is 166 Å². The third kappa shape index (κ3) is 6.98. The molecule has 0 spiro atoms. The number of carbonyl (C=O) groups excluding carboxylic acids is 2. The van der Waals surface area contributed by atoms with E-state index in [0.29, 0.717) is 6.54 Å². The van der Waals surface area contributed by atoms with Crippen molar-refractivity contribution in [3.8, 4) is 0 Å². The van der Waals surface area contributed by atoms with Crippen LogP contribution < -0.4 is 0 Å². The van der Waals surface area contributed by atoms with Gasteiger partial charge in [0, 0.05) is 21.0 Å². The fraction of sp³-hybridized carbons (Fsp3) is 0.905. The van der Waals surface area contributed by atoms with Crippen LogP contribution in [0.2, 0.25) is 0 Å². The quantitative estimate of drug-likeness (QED) is 0.733. The molecule has 2 fully saturated rings. The summed E-state index contributed by atoms with van der Waals surface area (Å²) in [4.78, 5) is 31.0. The summed E-state index contributed by atoms with van der Waals surface area (Å²) < 4.78 is 12.9. The molecule has 2 amide bonds. The van der Waals surface area contributed by atoms with Gasteiger partial charge in [-0.25, -0.2) is 4.79 Å². The van der Waals surface area contributed by atoms with Crippen molar-refractivity contribution >= 4 is 12.0 Å². The van der Waals surface area contributed by atoms with Crippen LogP contribution in [0, 0.1) is 11.8 Å². The lowest BCUT2D eigenvalue weighted by Crippen LogP contribution is -2.48. The Morgan fingerprint density at radius 1 is 1.11 bits per heavy atom. The average molecular weight is 383 g/mol. The van der Waals surface area contributed by atoms with E-state index in [1.165, 1.54) is 30.8 Å². The van der Waals surface area contributed by atoms with Crippen molar-refractivity contribution in [2.45, 2.75) is 65.4 Å². The monoisotopic (exact) mass is 382 g/mol. The van der Waals surface area contributed by atoms with E-state index in [9.17, 15) is 9.59 Å². The second-order valence-corrected chi connectivity index (χ2v) is 8.91. The van der Waals surface area contributed by atoms with Gasteiger partial charge in [-0.15, -0.1) is 0 Å². The van der Waals surface area contributed by atoms with Crippen molar-refractivity contribution in [3.05, 3.63) is 0 Å². The smallest absolute Gasteiger partial charge is 0.410 e. The lowest BCUT2D eigenvalue weighted by atomic mass is 9.79. The largest absolute Gasteiger partial charge is 0.444 e. The molecule has 0 unspecified atom stereocenters. The van der Waals surface area contributed by atoms with Crippen molar-refractivity contribution in [2.75, 3.05) is 46.3 Å². The Morgan fingerprint density at radius 3 is 2.19 bits per heavy atom. The van der Waals surface area contributed by atoms with Gasteiger partial charge in [0.2, 0.25) is 5.91 Å². The van der Waals surface area contributed by atoms with E-state index in [-0.39, 0.29) is 19.4 Å². The maximum Gasteiger partial charge on any atom is 0.410 e. The number of ether oxygens (including phenoxy) is 1. The zero-order valence-corrected chi connectivity index (χ0v) is 17.7. The maximum atomic E-state index is 12.8. The van der Waals surface area contributed by atoms with E-state index in [1.807, 2.05) is 11.8 Å². The number of amides is 2.